The van der Waals surface area contributed by atoms with Crippen molar-refractivity contribution in [2.75, 3.05) is 11.9 Å². The smallest absolute Gasteiger partial charge is 0.338 e. The first kappa shape index (κ1) is 22.9. The van der Waals surface area contributed by atoms with Gasteiger partial charge in [-0.2, -0.15) is 0 Å². The summed E-state index contributed by atoms with van der Waals surface area (Å²) in [7, 11) is 0. The Labute approximate surface area is 213 Å². The lowest BCUT2D eigenvalue weighted by Gasteiger charge is -2.05. The predicted molar refractivity (Wildman–Crippen MR) is 140 cm³/mol. The number of fused-ring (bicyclic) bond motifs is 1. The summed E-state index contributed by atoms with van der Waals surface area (Å²) in [6.07, 6.45) is 0. The van der Waals surface area contributed by atoms with Gasteiger partial charge >= 0.3 is 5.97 Å². The summed E-state index contributed by atoms with van der Waals surface area (Å²) >= 11 is 4.71. The van der Waals surface area contributed by atoms with E-state index in [-0.39, 0.29) is 0 Å². The maximum absolute atomic E-state index is 12.5. The monoisotopic (exact) mass is 546 g/mol. The van der Waals surface area contributed by atoms with Crippen LogP contribution in [-0.2, 0) is 9.53 Å². The highest BCUT2D eigenvalue weighted by molar-refractivity contribution is 9.10. The molecule has 0 aliphatic carbocycles. The Morgan fingerprint density at radius 3 is 2.51 bits per heavy atom. The molecule has 2 heterocycles. The number of thiazole rings is 1. The maximum Gasteiger partial charge on any atom is 0.338 e. The number of anilines is 1. The first-order valence-electron chi connectivity index (χ1n) is 10.7. The number of H-pyrrole nitrogens is 1. The van der Waals surface area contributed by atoms with Gasteiger partial charge in [0.15, 0.2) is 11.7 Å². The molecule has 0 bridgehead atoms. The number of imidazole rings is 1. The fourth-order valence-electron chi connectivity index (χ4n) is 3.44. The number of benzene rings is 3. The summed E-state index contributed by atoms with van der Waals surface area (Å²) in [5, 5.41) is 4.96. The second kappa shape index (κ2) is 9.81. The summed E-state index contributed by atoms with van der Waals surface area (Å²) in [4.78, 5) is 37.1. The minimum absolute atomic E-state index is 0.330. The minimum atomic E-state index is -0.594. The fourth-order valence-corrected chi connectivity index (χ4v) is 4.44. The highest BCUT2D eigenvalue weighted by Crippen LogP contribution is 2.26. The van der Waals surface area contributed by atoms with E-state index in [1.54, 1.807) is 18.2 Å². The molecule has 9 heteroatoms. The Balaban J connectivity index is 1.20. The molecule has 0 saturated carbocycles. The average Bonchev–Trinajstić information content (AvgIpc) is 3.50. The van der Waals surface area contributed by atoms with Gasteiger partial charge in [-0.15, -0.1) is 11.3 Å². The number of rotatable bonds is 6. The quantitative estimate of drug-likeness (QED) is 0.246. The Morgan fingerprint density at radius 2 is 1.74 bits per heavy atom. The number of aryl methyl sites for hydroxylation is 1. The third-order valence-electron chi connectivity index (χ3n) is 5.27. The molecule has 3 aromatic carbocycles. The lowest BCUT2D eigenvalue weighted by Crippen LogP contribution is -2.20. The van der Waals surface area contributed by atoms with Gasteiger partial charge in [0.25, 0.3) is 5.91 Å². The van der Waals surface area contributed by atoms with Gasteiger partial charge in [0.1, 0.15) is 5.82 Å². The van der Waals surface area contributed by atoms with E-state index in [1.807, 2.05) is 60.8 Å². The molecule has 174 valence electrons. The zero-order chi connectivity index (χ0) is 24.4. The number of aromatic amines is 1. The van der Waals surface area contributed by atoms with Crippen LogP contribution in [0.2, 0.25) is 0 Å². The number of nitrogens with zero attached hydrogens (tertiary/aromatic N) is 2. The molecular formula is C26H19BrN4O3S. The molecule has 0 unspecified atom stereocenters. The van der Waals surface area contributed by atoms with Gasteiger partial charge < -0.3 is 9.72 Å². The largest absolute Gasteiger partial charge is 0.452 e. The van der Waals surface area contributed by atoms with E-state index in [9.17, 15) is 9.59 Å². The normalized spacial score (nSPS) is 10.9. The fraction of sp³-hybridized carbons (Fsp3) is 0.0769. The molecule has 5 aromatic rings. The number of carbonyl (C=O) groups excluding carboxylic acids is 2. The van der Waals surface area contributed by atoms with Gasteiger partial charge in [-0.05, 0) is 37.3 Å². The van der Waals surface area contributed by atoms with Crippen LogP contribution in [-0.4, -0.2) is 33.4 Å². The number of carbonyl (C=O) groups is 2. The molecule has 0 fully saturated rings. The van der Waals surface area contributed by atoms with Gasteiger partial charge in [-0.25, -0.2) is 14.8 Å². The molecule has 2 aromatic heterocycles. The highest BCUT2D eigenvalue weighted by atomic mass is 79.9. The van der Waals surface area contributed by atoms with Gasteiger partial charge in [-0.3, -0.25) is 10.1 Å². The number of aromatic nitrogens is 3. The van der Waals surface area contributed by atoms with E-state index < -0.39 is 18.5 Å². The number of esters is 1. The third kappa shape index (κ3) is 5.31. The molecule has 0 atom stereocenters. The van der Waals surface area contributed by atoms with Crippen molar-refractivity contribution < 1.29 is 14.3 Å². The highest BCUT2D eigenvalue weighted by Gasteiger charge is 2.14. The molecule has 1 amide bonds. The lowest BCUT2D eigenvalue weighted by molar-refractivity contribution is -0.119. The van der Waals surface area contributed by atoms with E-state index in [2.05, 4.69) is 36.2 Å². The first-order chi connectivity index (χ1) is 16.9. The molecule has 5 rings (SSSR count). The number of amides is 1. The molecular weight excluding hydrogens is 528 g/mol. The van der Waals surface area contributed by atoms with Crippen LogP contribution in [0.3, 0.4) is 0 Å². The van der Waals surface area contributed by atoms with Crippen LogP contribution in [0.25, 0.3) is 33.7 Å². The van der Waals surface area contributed by atoms with Crippen LogP contribution < -0.4 is 5.32 Å². The molecule has 0 radical (unpaired) electrons. The standard InChI is InChI=1S/C26H19BrN4O3S/c1-15-2-4-17(5-3-15)24-28-20-11-8-18(12-21(20)29-24)25(33)34-13-23(32)31-26-30-22(14-35-26)16-6-9-19(27)10-7-16/h2-12,14H,13H2,1H3,(H,28,29)(H,30,31,32). The van der Waals surface area contributed by atoms with Crippen molar-refractivity contribution in [2.45, 2.75) is 6.92 Å². The maximum atomic E-state index is 12.5. The van der Waals surface area contributed by atoms with Crippen molar-refractivity contribution in [1.29, 1.82) is 0 Å². The van der Waals surface area contributed by atoms with Crippen molar-refractivity contribution in [3.63, 3.8) is 0 Å². The van der Waals surface area contributed by atoms with Crippen molar-refractivity contribution in [2.24, 2.45) is 0 Å². The van der Waals surface area contributed by atoms with Crippen molar-refractivity contribution in [3.05, 3.63) is 87.7 Å². The van der Waals surface area contributed by atoms with Gasteiger partial charge in [0.2, 0.25) is 0 Å². The van der Waals surface area contributed by atoms with Crippen molar-refractivity contribution in [3.8, 4) is 22.6 Å². The average molecular weight is 547 g/mol. The molecule has 2 N–H and O–H groups in total. The van der Waals surface area contributed by atoms with Crippen LogP contribution in [0, 0.1) is 6.92 Å². The Bertz CT molecular complexity index is 1520. The first-order valence-corrected chi connectivity index (χ1v) is 12.4. The Hall–Kier alpha value is -3.82. The van der Waals surface area contributed by atoms with Crippen LogP contribution in [0.4, 0.5) is 5.13 Å². The minimum Gasteiger partial charge on any atom is -0.452 e. The number of ether oxygens (including phenoxy) is 1. The number of hydrogen-bond donors (Lipinski definition) is 2. The van der Waals surface area contributed by atoms with E-state index >= 15 is 0 Å². The summed E-state index contributed by atoms with van der Waals surface area (Å²) in [5.74, 6) is -0.335. The van der Waals surface area contributed by atoms with Gasteiger partial charge in [-0.1, -0.05) is 57.9 Å². The van der Waals surface area contributed by atoms with Crippen LogP contribution >= 0.6 is 27.3 Å². The third-order valence-corrected chi connectivity index (χ3v) is 6.55. The van der Waals surface area contributed by atoms with E-state index in [0.717, 1.165) is 32.6 Å². The number of halogens is 1. The molecule has 0 spiro atoms. The van der Waals surface area contributed by atoms with Gasteiger partial charge in [0, 0.05) is 21.0 Å². The van der Waals surface area contributed by atoms with E-state index in [0.29, 0.717) is 16.2 Å². The van der Waals surface area contributed by atoms with Crippen LogP contribution in [0.5, 0.6) is 0 Å². The summed E-state index contributed by atoms with van der Waals surface area (Å²) in [5.41, 5.74) is 5.60. The molecule has 0 saturated heterocycles. The summed E-state index contributed by atoms with van der Waals surface area (Å²) in [6, 6.07) is 20.8. The predicted octanol–water partition coefficient (Wildman–Crippen LogP) is 6.22. The van der Waals surface area contributed by atoms with Crippen molar-refractivity contribution >= 4 is 55.3 Å². The molecule has 7 nitrogen and oxygen atoms in total. The van der Waals surface area contributed by atoms with E-state index in [4.69, 9.17) is 4.74 Å². The SMILES string of the molecule is Cc1ccc(-c2nc3ccc(C(=O)OCC(=O)Nc4nc(-c5ccc(Br)cc5)cs4)cc3[nH]2)cc1. The Kier molecular flexibility index (Phi) is 6.43. The zero-order valence-corrected chi connectivity index (χ0v) is 20.9. The molecule has 35 heavy (non-hydrogen) atoms. The lowest BCUT2D eigenvalue weighted by atomic mass is 10.1. The molecule has 0 aliphatic heterocycles. The summed E-state index contributed by atoms with van der Waals surface area (Å²) < 4.78 is 6.18. The second-order valence-electron chi connectivity index (χ2n) is 7.85. The Morgan fingerprint density at radius 1 is 1.00 bits per heavy atom. The number of nitrogens with one attached hydrogen (secondary N) is 2. The van der Waals surface area contributed by atoms with Crippen molar-refractivity contribution in [1.82, 2.24) is 15.0 Å². The van der Waals surface area contributed by atoms with E-state index in [1.165, 1.54) is 16.9 Å². The van der Waals surface area contributed by atoms with Crippen LogP contribution in [0.15, 0.2) is 76.6 Å². The molecule has 0 aliphatic rings. The second-order valence-corrected chi connectivity index (χ2v) is 9.63. The van der Waals surface area contributed by atoms with Gasteiger partial charge in [0.05, 0.1) is 22.3 Å². The number of hydrogen-bond acceptors (Lipinski definition) is 6. The topological polar surface area (TPSA) is 97.0 Å². The van der Waals surface area contributed by atoms with Crippen LogP contribution in [0.1, 0.15) is 15.9 Å². The summed E-state index contributed by atoms with van der Waals surface area (Å²) in [6.45, 7) is 1.61. The zero-order valence-electron chi connectivity index (χ0n) is 18.5.